The summed E-state index contributed by atoms with van der Waals surface area (Å²) < 4.78 is 5.53. The van der Waals surface area contributed by atoms with Crippen molar-refractivity contribution in [3.8, 4) is 22.8 Å². The summed E-state index contributed by atoms with van der Waals surface area (Å²) in [6, 6.07) is 7.38. The molecule has 0 fully saturated rings. The molecule has 3 rings (SSSR count). The molecular formula is C13H11N5O2. The summed E-state index contributed by atoms with van der Waals surface area (Å²) in [7, 11) is 0. The summed E-state index contributed by atoms with van der Waals surface area (Å²) >= 11 is 0. The van der Waals surface area contributed by atoms with Crippen LogP contribution in [-0.2, 0) is 0 Å². The number of rotatable bonds is 4. The van der Waals surface area contributed by atoms with Crippen LogP contribution in [0.4, 0.5) is 0 Å². The molecule has 0 saturated heterocycles. The second-order valence-corrected chi connectivity index (χ2v) is 4.16. The van der Waals surface area contributed by atoms with Gasteiger partial charge in [-0.2, -0.15) is 5.10 Å². The van der Waals surface area contributed by atoms with Gasteiger partial charge in [-0.15, -0.1) is 0 Å². The third kappa shape index (κ3) is 2.28. The van der Waals surface area contributed by atoms with Crippen LogP contribution in [0.15, 0.2) is 36.7 Å². The highest BCUT2D eigenvalue weighted by atomic mass is 16.5. The van der Waals surface area contributed by atoms with Gasteiger partial charge in [0.2, 0.25) is 0 Å². The molecule has 1 aromatic carbocycles. The predicted octanol–water partition coefficient (Wildman–Crippen LogP) is 2.19. The summed E-state index contributed by atoms with van der Waals surface area (Å²) in [5, 5.41) is 16.5. The number of ketones is 1. The molecule has 2 aromatic heterocycles. The number of benzene rings is 1. The van der Waals surface area contributed by atoms with Crippen molar-refractivity contribution < 1.29 is 9.53 Å². The van der Waals surface area contributed by atoms with E-state index in [1.807, 2.05) is 12.1 Å². The van der Waals surface area contributed by atoms with Crippen molar-refractivity contribution in [1.82, 2.24) is 25.6 Å². The number of H-pyrrole nitrogens is 2. The van der Waals surface area contributed by atoms with Crippen molar-refractivity contribution in [3.63, 3.8) is 0 Å². The lowest BCUT2D eigenvalue weighted by Gasteiger charge is -2.04. The Balaban J connectivity index is 1.82. The molecule has 3 aromatic rings. The Labute approximate surface area is 114 Å². The summed E-state index contributed by atoms with van der Waals surface area (Å²) in [4.78, 5) is 11.3. The molecule has 0 aliphatic rings. The van der Waals surface area contributed by atoms with Crippen molar-refractivity contribution in [2.75, 3.05) is 0 Å². The number of carbonyl (C=O) groups excluding carboxylic acids is 1. The van der Waals surface area contributed by atoms with Crippen molar-refractivity contribution in [2.24, 2.45) is 0 Å². The Morgan fingerprint density at radius 1 is 1.20 bits per heavy atom. The SMILES string of the molecule is CC(=O)c1[nH]nnc1Oc1ccc(-c2cn[nH]c2)cc1. The minimum absolute atomic E-state index is 0.175. The van der Waals surface area contributed by atoms with E-state index in [0.717, 1.165) is 11.1 Å². The molecule has 0 aliphatic heterocycles. The molecule has 0 aliphatic carbocycles. The Kier molecular flexibility index (Phi) is 3.00. The topological polar surface area (TPSA) is 96.6 Å². The summed E-state index contributed by atoms with van der Waals surface area (Å²) in [6.45, 7) is 1.42. The van der Waals surface area contributed by atoms with E-state index in [2.05, 4.69) is 25.6 Å². The number of Topliss-reactive ketones (excluding diaryl/α,β-unsaturated/α-hetero) is 1. The van der Waals surface area contributed by atoms with E-state index in [-0.39, 0.29) is 17.4 Å². The molecule has 2 N–H and O–H groups in total. The Hall–Kier alpha value is -2.96. The Morgan fingerprint density at radius 3 is 2.65 bits per heavy atom. The smallest absolute Gasteiger partial charge is 0.269 e. The molecule has 0 spiro atoms. The number of nitrogens with one attached hydrogen (secondary N) is 2. The van der Waals surface area contributed by atoms with E-state index in [0.29, 0.717) is 5.75 Å². The molecule has 2 heterocycles. The fraction of sp³-hybridized carbons (Fsp3) is 0.0769. The molecule has 7 heteroatoms. The second kappa shape index (κ2) is 4.96. The van der Waals surface area contributed by atoms with Crippen molar-refractivity contribution in [1.29, 1.82) is 0 Å². The molecule has 0 amide bonds. The van der Waals surface area contributed by atoms with Gasteiger partial charge in [-0.1, -0.05) is 22.4 Å². The lowest BCUT2D eigenvalue weighted by atomic mass is 10.1. The van der Waals surface area contributed by atoms with Crippen LogP contribution < -0.4 is 4.74 Å². The highest BCUT2D eigenvalue weighted by Gasteiger charge is 2.13. The van der Waals surface area contributed by atoms with E-state index in [1.165, 1.54) is 6.92 Å². The van der Waals surface area contributed by atoms with Gasteiger partial charge in [0, 0.05) is 18.7 Å². The van der Waals surface area contributed by atoms with Gasteiger partial charge in [0.1, 0.15) is 5.75 Å². The van der Waals surface area contributed by atoms with E-state index >= 15 is 0 Å². The van der Waals surface area contributed by atoms with Crippen LogP contribution in [0.3, 0.4) is 0 Å². The first-order valence-corrected chi connectivity index (χ1v) is 5.93. The maximum absolute atomic E-state index is 11.3. The van der Waals surface area contributed by atoms with Crippen molar-refractivity contribution in [3.05, 3.63) is 42.4 Å². The molecule has 0 unspecified atom stereocenters. The van der Waals surface area contributed by atoms with Gasteiger partial charge < -0.3 is 4.74 Å². The van der Waals surface area contributed by atoms with Crippen LogP contribution in [0.25, 0.3) is 11.1 Å². The average molecular weight is 269 g/mol. The summed E-state index contributed by atoms with van der Waals surface area (Å²) in [6.07, 6.45) is 3.54. The van der Waals surface area contributed by atoms with Gasteiger partial charge in [0.25, 0.3) is 5.88 Å². The van der Waals surface area contributed by atoms with Gasteiger partial charge in [0.05, 0.1) is 6.20 Å². The normalized spacial score (nSPS) is 10.4. The van der Waals surface area contributed by atoms with Gasteiger partial charge >= 0.3 is 0 Å². The third-order valence-electron chi connectivity index (χ3n) is 2.77. The van der Waals surface area contributed by atoms with Gasteiger partial charge in [-0.05, 0) is 17.7 Å². The largest absolute Gasteiger partial charge is 0.436 e. The number of hydrogen-bond acceptors (Lipinski definition) is 5. The number of ether oxygens (including phenoxy) is 1. The molecule has 20 heavy (non-hydrogen) atoms. The van der Waals surface area contributed by atoms with Gasteiger partial charge in [-0.25, -0.2) is 0 Å². The van der Waals surface area contributed by atoms with E-state index in [4.69, 9.17) is 4.74 Å². The average Bonchev–Trinajstić information content (AvgIpc) is 3.10. The lowest BCUT2D eigenvalue weighted by molar-refractivity contribution is 0.101. The first kappa shape index (κ1) is 12.1. The molecule has 0 atom stereocenters. The fourth-order valence-corrected chi connectivity index (χ4v) is 1.75. The molecule has 0 bridgehead atoms. The van der Waals surface area contributed by atoms with Gasteiger partial charge in [-0.3, -0.25) is 15.0 Å². The predicted molar refractivity (Wildman–Crippen MR) is 70.5 cm³/mol. The van der Waals surface area contributed by atoms with Crippen LogP contribution in [-0.4, -0.2) is 31.4 Å². The third-order valence-corrected chi connectivity index (χ3v) is 2.77. The molecular weight excluding hydrogens is 258 g/mol. The highest BCUT2D eigenvalue weighted by molar-refractivity contribution is 5.94. The summed E-state index contributed by atoms with van der Waals surface area (Å²) in [5.74, 6) is 0.572. The van der Waals surface area contributed by atoms with E-state index in [9.17, 15) is 4.79 Å². The monoisotopic (exact) mass is 269 g/mol. The zero-order chi connectivity index (χ0) is 13.9. The summed E-state index contributed by atoms with van der Waals surface area (Å²) in [5.41, 5.74) is 2.25. The number of carbonyl (C=O) groups is 1. The van der Waals surface area contributed by atoms with E-state index < -0.39 is 0 Å². The second-order valence-electron chi connectivity index (χ2n) is 4.16. The maximum atomic E-state index is 11.3. The minimum atomic E-state index is -0.181. The number of aromatic nitrogens is 5. The highest BCUT2D eigenvalue weighted by Crippen LogP contribution is 2.25. The number of aromatic amines is 2. The first-order chi connectivity index (χ1) is 9.74. The van der Waals surface area contributed by atoms with Crippen LogP contribution in [0.1, 0.15) is 17.4 Å². The first-order valence-electron chi connectivity index (χ1n) is 5.93. The minimum Gasteiger partial charge on any atom is -0.436 e. The van der Waals surface area contributed by atoms with E-state index in [1.54, 1.807) is 24.5 Å². The lowest BCUT2D eigenvalue weighted by Crippen LogP contribution is -1.96. The molecule has 7 nitrogen and oxygen atoms in total. The standard InChI is InChI=1S/C13H11N5O2/c1-8(19)12-13(17-18-16-12)20-11-4-2-9(3-5-11)10-6-14-15-7-10/h2-7H,1H3,(H,14,15)(H,16,17,18). The number of nitrogens with zero attached hydrogens (tertiary/aromatic N) is 3. The maximum Gasteiger partial charge on any atom is 0.269 e. The van der Waals surface area contributed by atoms with Crippen molar-refractivity contribution in [2.45, 2.75) is 6.92 Å². The zero-order valence-corrected chi connectivity index (χ0v) is 10.6. The Bertz CT molecular complexity index is 716. The zero-order valence-electron chi connectivity index (χ0n) is 10.6. The quantitative estimate of drug-likeness (QED) is 0.707. The molecule has 0 saturated carbocycles. The number of hydrogen-bond donors (Lipinski definition) is 2. The molecule has 0 radical (unpaired) electrons. The Morgan fingerprint density at radius 2 is 2.00 bits per heavy atom. The van der Waals surface area contributed by atoms with Crippen LogP contribution in [0.5, 0.6) is 11.6 Å². The molecule has 100 valence electrons. The van der Waals surface area contributed by atoms with Crippen LogP contribution in [0, 0.1) is 0 Å². The fourth-order valence-electron chi connectivity index (χ4n) is 1.75. The van der Waals surface area contributed by atoms with Crippen LogP contribution >= 0.6 is 0 Å². The van der Waals surface area contributed by atoms with Crippen molar-refractivity contribution >= 4 is 5.78 Å². The van der Waals surface area contributed by atoms with Gasteiger partial charge in [0.15, 0.2) is 11.5 Å². The van der Waals surface area contributed by atoms with Crippen LogP contribution in [0.2, 0.25) is 0 Å².